The molecule has 20 heavy (non-hydrogen) atoms. The second-order valence-corrected chi connectivity index (χ2v) is 5.79. The lowest BCUT2D eigenvalue weighted by Crippen LogP contribution is -2.28. The molecule has 0 aliphatic heterocycles. The van der Waals surface area contributed by atoms with Crippen molar-refractivity contribution in [3.8, 4) is 0 Å². The quantitative estimate of drug-likeness (QED) is 0.733. The van der Waals surface area contributed by atoms with Crippen LogP contribution in [0.5, 0.6) is 0 Å². The smallest absolute Gasteiger partial charge is 0.435 e. The number of ether oxygens (including phenoxy) is 1. The Kier molecular flexibility index (Phi) is 3.82. The zero-order chi connectivity index (χ0) is 15.1. The third kappa shape index (κ3) is 2.67. The van der Waals surface area contributed by atoms with Crippen LogP contribution in [0.1, 0.15) is 26.5 Å². The maximum atomic E-state index is 13.9. The van der Waals surface area contributed by atoms with Crippen LogP contribution in [0.25, 0.3) is 10.9 Å². The number of hydrogen-bond acceptors (Lipinski definition) is 3. The van der Waals surface area contributed by atoms with Crippen LogP contribution in [0.4, 0.5) is 13.6 Å². The van der Waals surface area contributed by atoms with Crippen molar-refractivity contribution in [2.75, 3.05) is 0 Å². The normalized spacial score (nSPS) is 11.9. The van der Waals surface area contributed by atoms with E-state index in [1.165, 1.54) is 0 Å². The summed E-state index contributed by atoms with van der Waals surface area (Å²) >= 11 is 3.14. The fraction of sp³-hybridized carbons (Fsp3) is 0.385. The van der Waals surface area contributed by atoms with Gasteiger partial charge < -0.3 is 4.74 Å². The summed E-state index contributed by atoms with van der Waals surface area (Å²) in [5, 5.41) is 4.10. The fourth-order valence-corrected chi connectivity index (χ4v) is 2.17. The van der Waals surface area contributed by atoms with Crippen molar-refractivity contribution in [2.45, 2.75) is 31.7 Å². The van der Waals surface area contributed by atoms with E-state index in [-0.39, 0.29) is 21.9 Å². The van der Waals surface area contributed by atoms with Crippen LogP contribution in [0.3, 0.4) is 0 Å². The molecule has 0 fully saturated rings. The molecule has 1 heterocycles. The Balaban J connectivity index is 2.66. The molecule has 2 aromatic rings. The van der Waals surface area contributed by atoms with E-state index >= 15 is 0 Å². The van der Waals surface area contributed by atoms with Crippen molar-refractivity contribution >= 4 is 32.9 Å². The number of hydrogen-bond donors (Lipinski definition) is 0. The van der Waals surface area contributed by atoms with Gasteiger partial charge in [0.15, 0.2) is 0 Å². The third-order valence-corrected chi connectivity index (χ3v) is 3.02. The van der Waals surface area contributed by atoms with Crippen LogP contribution < -0.4 is 0 Å². The molecule has 1 aromatic carbocycles. The van der Waals surface area contributed by atoms with E-state index in [0.29, 0.717) is 0 Å². The van der Waals surface area contributed by atoms with Crippen LogP contribution in [0, 0.1) is 11.6 Å². The monoisotopic (exact) mass is 346 g/mol. The minimum Gasteiger partial charge on any atom is -0.442 e. The molecular weight excluding hydrogens is 334 g/mol. The molecule has 1 aromatic heterocycles. The van der Waals surface area contributed by atoms with E-state index in [1.54, 1.807) is 20.8 Å². The first-order chi connectivity index (χ1) is 9.24. The molecule has 0 bridgehead atoms. The van der Waals surface area contributed by atoms with Crippen LogP contribution in [-0.2, 0) is 10.1 Å². The Morgan fingerprint density at radius 1 is 1.35 bits per heavy atom. The van der Waals surface area contributed by atoms with Gasteiger partial charge in [0.25, 0.3) is 0 Å². The lowest BCUT2D eigenvalue weighted by Gasteiger charge is -2.19. The van der Waals surface area contributed by atoms with Gasteiger partial charge in [-0.2, -0.15) is 9.78 Å². The predicted molar refractivity (Wildman–Crippen MR) is 73.9 cm³/mol. The number of rotatable bonds is 1. The van der Waals surface area contributed by atoms with Crippen molar-refractivity contribution in [1.29, 1.82) is 0 Å². The first-order valence-electron chi connectivity index (χ1n) is 5.89. The van der Waals surface area contributed by atoms with Crippen LogP contribution in [0.15, 0.2) is 12.1 Å². The molecule has 0 atom stereocenters. The maximum Gasteiger partial charge on any atom is 0.435 e. The van der Waals surface area contributed by atoms with Gasteiger partial charge in [-0.15, -0.1) is 0 Å². The van der Waals surface area contributed by atoms with Gasteiger partial charge in [0.1, 0.15) is 22.8 Å². The van der Waals surface area contributed by atoms with Crippen molar-refractivity contribution in [1.82, 2.24) is 9.78 Å². The van der Waals surface area contributed by atoms with E-state index in [4.69, 9.17) is 4.74 Å². The zero-order valence-electron chi connectivity index (χ0n) is 11.2. The summed E-state index contributed by atoms with van der Waals surface area (Å²) in [6, 6.07) is 1.96. The lowest BCUT2D eigenvalue weighted by atomic mass is 10.2. The highest BCUT2D eigenvalue weighted by Crippen LogP contribution is 2.26. The molecule has 0 aliphatic carbocycles. The average molecular weight is 347 g/mol. The number of alkyl halides is 1. The lowest BCUT2D eigenvalue weighted by molar-refractivity contribution is 0.0521. The van der Waals surface area contributed by atoms with Gasteiger partial charge in [-0.1, -0.05) is 15.9 Å². The number of carbonyl (C=O) groups is 1. The average Bonchev–Trinajstić information content (AvgIpc) is 2.72. The SMILES string of the molecule is CC(C)(C)OC(=O)n1nc(CBr)c2c(F)ccc(F)c21. The second-order valence-electron chi connectivity index (χ2n) is 5.23. The number of carbonyl (C=O) groups excluding carboxylic acids is 1. The van der Waals surface area contributed by atoms with Crippen LogP contribution in [0.2, 0.25) is 0 Å². The van der Waals surface area contributed by atoms with E-state index in [9.17, 15) is 13.6 Å². The Bertz CT molecular complexity index is 677. The summed E-state index contributed by atoms with van der Waals surface area (Å²) in [6.45, 7) is 5.04. The first kappa shape index (κ1) is 14.9. The largest absolute Gasteiger partial charge is 0.442 e. The summed E-state index contributed by atoms with van der Waals surface area (Å²) in [5.41, 5.74) is -0.732. The van der Waals surface area contributed by atoms with Crippen molar-refractivity contribution in [3.63, 3.8) is 0 Å². The molecular formula is C13H13BrF2N2O2. The van der Waals surface area contributed by atoms with E-state index in [0.717, 1.165) is 16.8 Å². The van der Waals surface area contributed by atoms with Crippen molar-refractivity contribution in [3.05, 3.63) is 29.5 Å². The second kappa shape index (κ2) is 5.12. The van der Waals surface area contributed by atoms with E-state index in [2.05, 4.69) is 21.0 Å². The molecule has 0 N–H and O–H groups in total. The van der Waals surface area contributed by atoms with E-state index < -0.39 is 23.3 Å². The van der Waals surface area contributed by atoms with E-state index in [1.807, 2.05) is 0 Å². The molecule has 0 unspecified atom stereocenters. The molecule has 0 saturated carbocycles. The zero-order valence-corrected chi connectivity index (χ0v) is 12.8. The molecule has 7 heteroatoms. The summed E-state index contributed by atoms with van der Waals surface area (Å²) in [5.74, 6) is -1.36. The summed E-state index contributed by atoms with van der Waals surface area (Å²) < 4.78 is 33.7. The maximum absolute atomic E-state index is 13.9. The highest BCUT2D eigenvalue weighted by Gasteiger charge is 2.25. The molecule has 0 radical (unpaired) electrons. The van der Waals surface area contributed by atoms with Crippen molar-refractivity contribution < 1.29 is 18.3 Å². The predicted octanol–water partition coefficient (Wildman–Crippen LogP) is 3.99. The number of nitrogens with zero attached hydrogens (tertiary/aromatic N) is 2. The molecule has 4 nitrogen and oxygen atoms in total. The van der Waals surface area contributed by atoms with Gasteiger partial charge in [-0.05, 0) is 32.9 Å². The fourth-order valence-electron chi connectivity index (χ4n) is 1.77. The molecule has 0 amide bonds. The summed E-state index contributed by atoms with van der Waals surface area (Å²) in [4.78, 5) is 12.0. The Morgan fingerprint density at radius 2 is 1.95 bits per heavy atom. The Morgan fingerprint density at radius 3 is 2.50 bits per heavy atom. The van der Waals surface area contributed by atoms with Crippen LogP contribution in [-0.4, -0.2) is 21.5 Å². The van der Waals surface area contributed by atoms with Crippen molar-refractivity contribution in [2.24, 2.45) is 0 Å². The molecule has 2 rings (SSSR count). The first-order valence-corrected chi connectivity index (χ1v) is 7.01. The molecule has 0 saturated heterocycles. The van der Waals surface area contributed by atoms with Gasteiger partial charge >= 0.3 is 6.09 Å². The summed E-state index contributed by atoms with van der Waals surface area (Å²) in [6.07, 6.45) is -0.848. The highest BCUT2D eigenvalue weighted by atomic mass is 79.9. The Labute approximate surface area is 122 Å². The van der Waals surface area contributed by atoms with Gasteiger partial charge in [0.2, 0.25) is 0 Å². The highest BCUT2D eigenvalue weighted by molar-refractivity contribution is 9.08. The van der Waals surface area contributed by atoms with Gasteiger partial charge in [0, 0.05) is 5.33 Å². The molecule has 0 spiro atoms. The Hall–Kier alpha value is -1.50. The number of halogens is 3. The minimum absolute atomic E-state index is 0.0206. The number of aromatic nitrogens is 2. The topological polar surface area (TPSA) is 44.1 Å². The molecule has 0 aliphatic rings. The number of benzene rings is 1. The van der Waals surface area contributed by atoms with Gasteiger partial charge in [-0.3, -0.25) is 0 Å². The number of fused-ring (bicyclic) bond motifs is 1. The van der Waals surface area contributed by atoms with Gasteiger partial charge in [0.05, 0.1) is 11.1 Å². The standard InChI is InChI=1S/C13H13BrF2N2O2/c1-13(2,3)20-12(19)18-11-8(16)5-4-7(15)10(11)9(6-14)17-18/h4-5H,6H2,1-3H3. The minimum atomic E-state index is -0.848. The van der Waals surface area contributed by atoms with Crippen LogP contribution >= 0.6 is 15.9 Å². The molecule has 108 valence electrons. The third-order valence-electron chi connectivity index (χ3n) is 2.49. The van der Waals surface area contributed by atoms with Gasteiger partial charge in [-0.25, -0.2) is 13.6 Å². The summed E-state index contributed by atoms with van der Waals surface area (Å²) in [7, 11) is 0.